The van der Waals surface area contributed by atoms with Crippen LogP contribution in [0.2, 0.25) is 0 Å². The van der Waals surface area contributed by atoms with Crippen molar-refractivity contribution in [2.45, 2.75) is 44.8 Å². The second-order valence-electron chi connectivity index (χ2n) is 5.91. The highest BCUT2D eigenvalue weighted by Crippen LogP contribution is 2.51. The molecule has 26 heavy (non-hydrogen) atoms. The van der Waals surface area contributed by atoms with Gasteiger partial charge in [-0.05, 0) is 46.1 Å². The summed E-state index contributed by atoms with van der Waals surface area (Å²) in [5.41, 5.74) is -0.261. The summed E-state index contributed by atoms with van der Waals surface area (Å²) >= 11 is 1.18. The molecule has 0 aliphatic rings. The molecule has 9 heteroatoms. The van der Waals surface area contributed by atoms with E-state index in [1.807, 2.05) is 0 Å². The van der Waals surface area contributed by atoms with Crippen LogP contribution in [0.1, 0.15) is 33.3 Å². The van der Waals surface area contributed by atoms with Crippen molar-refractivity contribution in [1.29, 1.82) is 10.7 Å². The molecular formula is C17H21N2O5PS. The monoisotopic (exact) mass is 396 g/mol. The third kappa shape index (κ3) is 4.13. The number of rotatable bonds is 7. The molecule has 0 bridgehead atoms. The van der Waals surface area contributed by atoms with E-state index in [0.29, 0.717) is 10.7 Å². The lowest BCUT2D eigenvalue weighted by atomic mass is 10.2. The first-order valence-electron chi connectivity index (χ1n) is 7.94. The van der Waals surface area contributed by atoms with E-state index in [2.05, 4.69) is 6.07 Å². The Labute approximate surface area is 156 Å². The number of hydrogen-bond acceptors (Lipinski definition) is 8. The molecule has 0 radical (unpaired) electrons. The predicted octanol–water partition coefficient (Wildman–Crippen LogP) is 4.28. The van der Waals surface area contributed by atoms with E-state index in [-0.39, 0.29) is 22.2 Å². The minimum absolute atomic E-state index is 0.0424. The van der Waals surface area contributed by atoms with Gasteiger partial charge in [0.05, 0.1) is 18.5 Å². The van der Waals surface area contributed by atoms with Crippen LogP contribution in [0.15, 0.2) is 32.1 Å². The molecule has 0 saturated heterocycles. The Morgan fingerprint density at radius 1 is 1.27 bits per heavy atom. The van der Waals surface area contributed by atoms with Gasteiger partial charge in [0, 0.05) is 4.90 Å². The van der Waals surface area contributed by atoms with Crippen LogP contribution in [0.25, 0.3) is 11.5 Å². The summed E-state index contributed by atoms with van der Waals surface area (Å²) in [6, 6.07) is 5.33. The van der Waals surface area contributed by atoms with E-state index in [1.165, 1.54) is 18.0 Å². The molecule has 0 spiro atoms. The number of hydrogen-bond donors (Lipinski definition) is 1. The largest absolute Gasteiger partial charge is 0.461 e. The molecule has 7 nitrogen and oxygen atoms in total. The third-order valence-corrected chi connectivity index (χ3v) is 6.46. The standard InChI is InChI=1S/C17H21N2O5PS/c1-10(2)23-25(20,24-11(3)4)15-16(26-5)12(9-18)14(22-17(15)19)13-7-6-8-21-13/h6-8,10-11,19H,1-5H3. The van der Waals surface area contributed by atoms with Crippen LogP contribution in [-0.2, 0) is 13.6 Å². The van der Waals surface area contributed by atoms with Crippen LogP contribution in [0.4, 0.5) is 0 Å². The van der Waals surface area contributed by atoms with Gasteiger partial charge in [0.2, 0.25) is 5.55 Å². The molecule has 0 aromatic carbocycles. The van der Waals surface area contributed by atoms with Gasteiger partial charge in [0.1, 0.15) is 16.9 Å². The summed E-state index contributed by atoms with van der Waals surface area (Å²) in [4.78, 5) is 0.319. The van der Waals surface area contributed by atoms with Crippen LogP contribution in [0.5, 0.6) is 0 Å². The summed E-state index contributed by atoms with van der Waals surface area (Å²) < 4.78 is 35.6. The SMILES string of the molecule is CSc1c(C#N)c(-c2ccco2)oc(=N)c1P(=O)(OC(C)C)OC(C)C. The topological polar surface area (TPSA) is 109 Å². The zero-order valence-electron chi connectivity index (χ0n) is 15.2. The molecule has 0 fully saturated rings. The fraction of sp³-hybridized carbons (Fsp3) is 0.412. The van der Waals surface area contributed by atoms with Crippen molar-refractivity contribution in [3.63, 3.8) is 0 Å². The Morgan fingerprint density at radius 3 is 2.31 bits per heavy atom. The maximum absolute atomic E-state index is 13.5. The lowest BCUT2D eigenvalue weighted by molar-refractivity contribution is 0.149. The lowest BCUT2D eigenvalue weighted by Gasteiger charge is -2.24. The van der Waals surface area contributed by atoms with Gasteiger partial charge in [-0.25, -0.2) is 0 Å². The Kier molecular flexibility index (Phi) is 6.53. The molecule has 0 aliphatic heterocycles. The normalized spacial score (nSPS) is 11.9. The van der Waals surface area contributed by atoms with Gasteiger partial charge in [0.25, 0.3) is 0 Å². The second kappa shape index (κ2) is 8.28. The molecule has 2 heterocycles. The second-order valence-corrected chi connectivity index (χ2v) is 8.59. The first-order chi connectivity index (χ1) is 12.2. The number of furan rings is 1. The molecule has 2 aromatic rings. The Bertz CT molecular complexity index is 898. The molecule has 2 aromatic heterocycles. The van der Waals surface area contributed by atoms with Crippen molar-refractivity contribution in [2.24, 2.45) is 0 Å². The zero-order valence-corrected chi connectivity index (χ0v) is 16.9. The highest BCUT2D eigenvalue weighted by molar-refractivity contribution is 7.99. The summed E-state index contributed by atoms with van der Waals surface area (Å²) in [5, 5.41) is 17.9. The fourth-order valence-corrected chi connectivity index (χ4v) is 5.61. The van der Waals surface area contributed by atoms with E-state index in [9.17, 15) is 9.83 Å². The summed E-state index contributed by atoms with van der Waals surface area (Å²) in [6.07, 6.45) is 2.34. The first kappa shape index (κ1) is 20.5. The van der Waals surface area contributed by atoms with E-state index < -0.39 is 19.8 Å². The van der Waals surface area contributed by atoms with Gasteiger partial charge in [0.15, 0.2) is 11.5 Å². The van der Waals surface area contributed by atoms with Gasteiger partial charge < -0.3 is 17.9 Å². The number of nitrogens with one attached hydrogen (secondary N) is 1. The van der Waals surface area contributed by atoms with Gasteiger partial charge in [-0.2, -0.15) is 5.26 Å². The molecule has 0 aliphatic carbocycles. The summed E-state index contributed by atoms with van der Waals surface area (Å²) in [7, 11) is -3.90. The Morgan fingerprint density at radius 2 is 1.88 bits per heavy atom. The average molecular weight is 396 g/mol. The maximum Gasteiger partial charge on any atom is 0.368 e. The Hall–Kier alpha value is -1.78. The van der Waals surface area contributed by atoms with Gasteiger partial charge in [-0.1, -0.05) is 0 Å². The van der Waals surface area contributed by atoms with Crippen LogP contribution < -0.4 is 10.9 Å². The highest BCUT2D eigenvalue weighted by Gasteiger charge is 2.38. The molecule has 0 atom stereocenters. The van der Waals surface area contributed by atoms with Crippen molar-refractivity contribution in [1.82, 2.24) is 0 Å². The highest BCUT2D eigenvalue weighted by atomic mass is 32.2. The minimum Gasteiger partial charge on any atom is -0.461 e. The smallest absolute Gasteiger partial charge is 0.368 e. The Balaban J connectivity index is 2.82. The zero-order chi connectivity index (χ0) is 19.5. The average Bonchev–Trinajstić information content (AvgIpc) is 3.05. The van der Waals surface area contributed by atoms with E-state index in [0.717, 1.165) is 0 Å². The van der Waals surface area contributed by atoms with Crippen molar-refractivity contribution >= 4 is 24.7 Å². The van der Waals surface area contributed by atoms with Crippen molar-refractivity contribution in [3.05, 3.63) is 29.5 Å². The minimum atomic E-state index is -3.90. The van der Waals surface area contributed by atoms with E-state index in [1.54, 1.807) is 46.1 Å². The predicted molar refractivity (Wildman–Crippen MR) is 98.4 cm³/mol. The summed E-state index contributed by atoms with van der Waals surface area (Å²) in [5.74, 6) is 0.414. The van der Waals surface area contributed by atoms with Gasteiger partial charge in [-0.15, -0.1) is 11.8 Å². The molecule has 0 saturated carbocycles. The van der Waals surface area contributed by atoms with E-state index >= 15 is 0 Å². The molecule has 0 amide bonds. The molecule has 140 valence electrons. The first-order valence-corrected chi connectivity index (χ1v) is 10.7. The van der Waals surface area contributed by atoms with Crippen LogP contribution in [-0.4, -0.2) is 18.5 Å². The molecule has 0 unspecified atom stereocenters. The third-order valence-electron chi connectivity index (χ3n) is 3.12. The number of nitriles is 1. The molecular weight excluding hydrogens is 375 g/mol. The van der Waals surface area contributed by atoms with Crippen molar-refractivity contribution < 1.29 is 22.4 Å². The van der Waals surface area contributed by atoms with Crippen molar-refractivity contribution in [2.75, 3.05) is 6.26 Å². The van der Waals surface area contributed by atoms with Crippen molar-refractivity contribution in [3.8, 4) is 17.6 Å². The number of thioether (sulfide) groups is 1. The van der Waals surface area contributed by atoms with Gasteiger partial charge in [-0.3, -0.25) is 9.97 Å². The molecule has 2 rings (SSSR count). The van der Waals surface area contributed by atoms with Crippen LogP contribution in [0.3, 0.4) is 0 Å². The van der Waals surface area contributed by atoms with E-state index in [4.69, 9.17) is 23.3 Å². The van der Waals surface area contributed by atoms with Crippen LogP contribution >= 0.6 is 19.4 Å². The quantitative estimate of drug-likeness (QED) is 0.549. The van der Waals surface area contributed by atoms with Crippen LogP contribution in [0, 0.1) is 16.7 Å². The molecule has 1 N–H and O–H groups in total. The summed E-state index contributed by atoms with van der Waals surface area (Å²) in [6.45, 7) is 6.88. The van der Waals surface area contributed by atoms with Gasteiger partial charge >= 0.3 is 7.60 Å². The number of nitrogens with zero attached hydrogens (tertiary/aromatic N) is 1. The maximum atomic E-state index is 13.5. The fourth-order valence-electron chi connectivity index (χ4n) is 2.34. The lowest BCUT2D eigenvalue weighted by Crippen LogP contribution is -2.31.